The van der Waals surface area contributed by atoms with Crippen LogP contribution in [-0.2, 0) is 0 Å². The average Bonchev–Trinajstić information content (AvgIpc) is 3.03. The number of carbonyl (C=O) groups excluding carboxylic acids is 1. The van der Waals surface area contributed by atoms with E-state index in [0.717, 1.165) is 25.1 Å². The van der Waals surface area contributed by atoms with Crippen molar-refractivity contribution in [1.29, 1.82) is 0 Å². The van der Waals surface area contributed by atoms with Crippen LogP contribution in [0.5, 0.6) is 0 Å². The molecule has 0 aliphatic heterocycles. The van der Waals surface area contributed by atoms with Crippen LogP contribution in [0.15, 0.2) is 36.8 Å². The summed E-state index contributed by atoms with van der Waals surface area (Å²) >= 11 is 0. The number of carbonyl (C=O) groups is 1. The summed E-state index contributed by atoms with van der Waals surface area (Å²) in [6.45, 7) is 4.84. The number of fused-ring (bicyclic) bond motifs is 1. The molecule has 0 radical (unpaired) electrons. The Balaban J connectivity index is 1.74. The van der Waals surface area contributed by atoms with Gasteiger partial charge in [0.25, 0.3) is 5.91 Å². The van der Waals surface area contributed by atoms with E-state index in [1.54, 1.807) is 36.0 Å². The molecule has 142 valence electrons. The Morgan fingerprint density at radius 3 is 2.81 bits per heavy atom. The van der Waals surface area contributed by atoms with E-state index in [9.17, 15) is 9.18 Å². The van der Waals surface area contributed by atoms with Crippen LogP contribution in [0.2, 0.25) is 0 Å². The van der Waals surface area contributed by atoms with E-state index in [4.69, 9.17) is 0 Å². The largest absolute Gasteiger partial charge is 0.321 e. The van der Waals surface area contributed by atoms with Gasteiger partial charge in [-0.25, -0.2) is 9.37 Å². The van der Waals surface area contributed by atoms with Gasteiger partial charge in [-0.1, -0.05) is 6.92 Å². The van der Waals surface area contributed by atoms with Gasteiger partial charge < -0.3 is 15.0 Å². The fraction of sp³-hybridized carbons (Fsp3) is 0.350. The van der Waals surface area contributed by atoms with Crippen molar-refractivity contribution in [3.63, 3.8) is 0 Å². The molecule has 0 bridgehead atoms. The highest BCUT2D eigenvalue weighted by atomic mass is 19.1. The second kappa shape index (κ2) is 8.26. The summed E-state index contributed by atoms with van der Waals surface area (Å²) in [4.78, 5) is 21.0. The van der Waals surface area contributed by atoms with Gasteiger partial charge in [0, 0.05) is 36.3 Å². The molecule has 0 fully saturated rings. The molecule has 6 nitrogen and oxygen atoms in total. The summed E-state index contributed by atoms with van der Waals surface area (Å²) in [7, 11) is 1.93. The van der Waals surface area contributed by atoms with Crippen molar-refractivity contribution in [1.82, 2.24) is 19.7 Å². The lowest BCUT2D eigenvalue weighted by Gasteiger charge is -2.14. The molecule has 0 spiro atoms. The molecule has 3 aromatic heterocycles. The quantitative estimate of drug-likeness (QED) is 0.668. The number of imidazole rings is 1. The molecule has 2 N–H and O–H groups in total. The zero-order valence-corrected chi connectivity index (χ0v) is 15.8. The van der Waals surface area contributed by atoms with E-state index in [1.807, 2.05) is 13.1 Å². The fourth-order valence-corrected chi connectivity index (χ4v) is 3.11. The van der Waals surface area contributed by atoms with Crippen molar-refractivity contribution >= 4 is 17.2 Å². The van der Waals surface area contributed by atoms with Crippen LogP contribution in [0.3, 0.4) is 0 Å². The smallest absolute Gasteiger partial charge is 0.257 e. The topological polar surface area (TPSA) is 71.3 Å². The Hall–Kier alpha value is -2.80. The maximum absolute atomic E-state index is 14.1. The minimum Gasteiger partial charge on any atom is -0.321 e. The van der Waals surface area contributed by atoms with Crippen LogP contribution >= 0.6 is 0 Å². The first-order valence-corrected chi connectivity index (χ1v) is 9.08. The number of nitrogens with one attached hydrogen (secondary N) is 2. The molecule has 1 unspecified atom stereocenters. The van der Waals surface area contributed by atoms with E-state index in [0.29, 0.717) is 22.9 Å². The molecule has 1 amide bonds. The predicted octanol–water partition coefficient (Wildman–Crippen LogP) is 3.53. The number of amides is 1. The standard InChI is InChI=1S/C20H24FN5O/c1-4-14(7-8-22-3)18-6-5-15(10-23-18)20(27)25-16-9-17(21)19-24-13(2)11-26(19)12-16/h5-6,9-12,14,22H,4,7-8H2,1-3H3,(H,25,27). The maximum atomic E-state index is 14.1. The molecule has 0 saturated heterocycles. The number of aryl methyl sites for hydroxylation is 1. The fourth-order valence-electron chi connectivity index (χ4n) is 3.11. The summed E-state index contributed by atoms with van der Waals surface area (Å²) in [5.74, 6) is -0.451. The number of hydrogen-bond acceptors (Lipinski definition) is 4. The molecule has 3 aromatic rings. The zero-order valence-electron chi connectivity index (χ0n) is 15.8. The SMILES string of the molecule is CCC(CCNC)c1ccc(C(=O)Nc2cc(F)c3nc(C)cn3c2)cn1. The molecule has 1 atom stereocenters. The van der Waals surface area contributed by atoms with Gasteiger partial charge >= 0.3 is 0 Å². The van der Waals surface area contributed by atoms with Gasteiger partial charge in [0.2, 0.25) is 0 Å². The van der Waals surface area contributed by atoms with E-state index >= 15 is 0 Å². The monoisotopic (exact) mass is 369 g/mol. The van der Waals surface area contributed by atoms with Crippen molar-refractivity contribution in [2.45, 2.75) is 32.6 Å². The Labute approximate surface area is 157 Å². The van der Waals surface area contributed by atoms with Crippen LogP contribution < -0.4 is 10.6 Å². The lowest BCUT2D eigenvalue weighted by molar-refractivity contribution is 0.102. The molecular weight excluding hydrogens is 345 g/mol. The summed E-state index contributed by atoms with van der Waals surface area (Å²) < 4.78 is 15.7. The Morgan fingerprint density at radius 2 is 2.15 bits per heavy atom. The van der Waals surface area contributed by atoms with E-state index in [2.05, 4.69) is 27.5 Å². The molecule has 0 aliphatic carbocycles. The van der Waals surface area contributed by atoms with E-state index < -0.39 is 5.82 Å². The van der Waals surface area contributed by atoms with Crippen LogP contribution in [-0.4, -0.2) is 33.9 Å². The number of nitrogens with zero attached hydrogens (tertiary/aromatic N) is 3. The first kappa shape index (κ1) is 19.0. The Kier molecular flexibility index (Phi) is 5.81. The van der Waals surface area contributed by atoms with Crippen molar-refractivity contribution in [3.8, 4) is 0 Å². The highest BCUT2D eigenvalue weighted by Crippen LogP contribution is 2.21. The van der Waals surface area contributed by atoms with Crippen molar-refractivity contribution in [2.75, 3.05) is 18.9 Å². The number of halogens is 1. The summed E-state index contributed by atoms with van der Waals surface area (Å²) in [6.07, 6.45) is 6.91. The Morgan fingerprint density at radius 1 is 1.33 bits per heavy atom. The first-order chi connectivity index (χ1) is 13.0. The minimum absolute atomic E-state index is 0.240. The predicted molar refractivity (Wildman–Crippen MR) is 104 cm³/mol. The number of anilines is 1. The molecule has 0 aliphatic rings. The average molecular weight is 369 g/mol. The normalized spacial score (nSPS) is 12.3. The molecule has 7 heteroatoms. The highest BCUT2D eigenvalue weighted by Gasteiger charge is 2.14. The second-order valence-corrected chi connectivity index (χ2v) is 6.61. The van der Waals surface area contributed by atoms with Crippen molar-refractivity contribution in [3.05, 3.63) is 59.6 Å². The van der Waals surface area contributed by atoms with Crippen LogP contribution in [0.1, 0.15) is 47.4 Å². The molecule has 3 heterocycles. The third-order valence-corrected chi connectivity index (χ3v) is 4.59. The third-order valence-electron chi connectivity index (χ3n) is 4.59. The number of pyridine rings is 2. The molecular formula is C20H24FN5O. The number of rotatable bonds is 7. The lowest BCUT2D eigenvalue weighted by atomic mass is 9.97. The van der Waals surface area contributed by atoms with Crippen LogP contribution in [0, 0.1) is 12.7 Å². The van der Waals surface area contributed by atoms with Gasteiger partial charge in [0.1, 0.15) is 0 Å². The lowest BCUT2D eigenvalue weighted by Crippen LogP contribution is -2.15. The van der Waals surface area contributed by atoms with Gasteiger partial charge in [-0.2, -0.15) is 0 Å². The highest BCUT2D eigenvalue weighted by molar-refractivity contribution is 6.04. The maximum Gasteiger partial charge on any atom is 0.257 e. The summed E-state index contributed by atoms with van der Waals surface area (Å²) in [6, 6.07) is 4.92. The Bertz CT molecular complexity index is 935. The van der Waals surface area contributed by atoms with Gasteiger partial charge in [0.15, 0.2) is 11.5 Å². The molecule has 3 rings (SSSR count). The van der Waals surface area contributed by atoms with Gasteiger partial charge in [-0.05, 0) is 45.5 Å². The third kappa shape index (κ3) is 4.31. The van der Waals surface area contributed by atoms with Crippen molar-refractivity contribution < 1.29 is 9.18 Å². The minimum atomic E-state index is -0.482. The summed E-state index contributed by atoms with van der Waals surface area (Å²) in [5.41, 5.74) is 2.73. The molecule has 0 aromatic carbocycles. The number of hydrogen-bond donors (Lipinski definition) is 2. The molecule has 27 heavy (non-hydrogen) atoms. The molecule has 0 saturated carbocycles. The van der Waals surface area contributed by atoms with Crippen LogP contribution in [0.4, 0.5) is 10.1 Å². The summed E-state index contributed by atoms with van der Waals surface area (Å²) in [5, 5.41) is 5.87. The van der Waals surface area contributed by atoms with Crippen LogP contribution in [0.25, 0.3) is 5.65 Å². The van der Waals surface area contributed by atoms with Crippen molar-refractivity contribution in [2.24, 2.45) is 0 Å². The first-order valence-electron chi connectivity index (χ1n) is 9.08. The number of aromatic nitrogens is 3. The van der Waals surface area contributed by atoms with E-state index in [-0.39, 0.29) is 11.6 Å². The van der Waals surface area contributed by atoms with Gasteiger partial charge in [0.05, 0.1) is 16.9 Å². The second-order valence-electron chi connectivity index (χ2n) is 6.61. The van der Waals surface area contributed by atoms with Gasteiger partial charge in [-0.3, -0.25) is 9.78 Å². The van der Waals surface area contributed by atoms with Gasteiger partial charge in [-0.15, -0.1) is 0 Å². The van der Waals surface area contributed by atoms with E-state index in [1.165, 1.54) is 6.07 Å². The zero-order chi connectivity index (χ0) is 19.4.